The molecule has 2 aliphatic rings. The number of hydrogen-bond acceptors (Lipinski definition) is 5. The fraction of sp³-hybridized carbons (Fsp3) is 0.350. The summed E-state index contributed by atoms with van der Waals surface area (Å²) in [5.74, 6) is -0.114. The zero-order valence-electron chi connectivity index (χ0n) is 15.7. The van der Waals surface area contributed by atoms with E-state index in [4.69, 9.17) is 21.3 Å². The molecule has 0 amide bonds. The number of benzene rings is 1. The van der Waals surface area contributed by atoms with Gasteiger partial charge in [-0.25, -0.2) is 9.18 Å². The summed E-state index contributed by atoms with van der Waals surface area (Å²) < 4.78 is 20.6. The fourth-order valence-electron chi connectivity index (χ4n) is 3.76. The van der Waals surface area contributed by atoms with Crippen LogP contribution >= 0.6 is 11.6 Å². The van der Waals surface area contributed by atoms with E-state index in [9.17, 15) is 9.18 Å². The molecule has 0 saturated carbocycles. The molecule has 28 heavy (non-hydrogen) atoms. The summed E-state index contributed by atoms with van der Waals surface area (Å²) >= 11 is 6.34. The first-order valence-electron chi connectivity index (χ1n) is 9.19. The van der Waals surface area contributed by atoms with E-state index in [1.165, 1.54) is 12.1 Å². The number of halogens is 2. The number of rotatable bonds is 4. The van der Waals surface area contributed by atoms with Gasteiger partial charge in [0.15, 0.2) is 0 Å². The van der Waals surface area contributed by atoms with Crippen molar-refractivity contribution in [1.82, 2.24) is 14.7 Å². The predicted octanol–water partition coefficient (Wildman–Crippen LogP) is 3.63. The number of aryl methyl sites for hydroxylation is 1. The Morgan fingerprint density at radius 2 is 2.25 bits per heavy atom. The highest BCUT2D eigenvalue weighted by atomic mass is 35.5. The maximum absolute atomic E-state index is 13.6. The summed E-state index contributed by atoms with van der Waals surface area (Å²) in [6.07, 6.45) is 5.27. The minimum Gasteiger partial charge on any atom is -0.463 e. The Hall–Kier alpha value is -2.67. The third kappa shape index (κ3) is 3.20. The first kappa shape index (κ1) is 18.7. The highest BCUT2D eigenvalue weighted by Crippen LogP contribution is 2.42. The van der Waals surface area contributed by atoms with E-state index in [-0.39, 0.29) is 11.6 Å². The van der Waals surface area contributed by atoms with E-state index < -0.39 is 17.8 Å². The van der Waals surface area contributed by atoms with Crippen molar-refractivity contribution in [3.8, 4) is 0 Å². The minimum atomic E-state index is -0.660. The zero-order chi connectivity index (χ0) is 19.8. The standard InChI is InChI=1S/C20H20ClFN4O2/c1-3-28-20(27)17-16-5-4-8-26(16)19(12-10-23-25(2)11-12)24-18(17)14-7-6-13(22)9-15(14)21/h6-7,9-11,18H,3-5,8H2,1-2H3. The summed E-state index contributed by atoms with van der Waals surface area (Å²) in [6, 6.07) is 3.49. The number of aromatic nitrogens is 2. The van der Waals surface area contributed by atoms with Gasteiger partial charge in [0.1, 0.15) is 17.7 Å². The van der Waals surface area contributed by atoms with Gasteiger partial charge in [-0.15, -0.1) is 0 Å². The van der Waals surface area contributed by atoms with Crippen LogP contribution in [-0.4, -0.2) is 39.6 Å². The molecule has 4 rings (SSSR count). The van der Waals surface area contributed by atoms with Gasteiger partial charge in [0.2, 0.25) is 0 Å². The van der Waals surface area contributed by atoms with Gasteiger partial charge in [-0.05, 0) is 31.9 Å². The van der Waals surface area contributed by atoms with Crippen LogP contribution in [0.4, 0.5) is 4.39 Å². The van der Waals surface area contributed by atoms with Gasteiger partial charge >= 0.3 is 5.97 Å². The van der Waals surface area contributed by atoms with Crippen LogP contribution in [0.15, 0.2) is 46.9 Å². The van der Waals surface area contributed by atoms with Crippen LogP contribution in [0.5, 0.6) is 0 Å². The SMILES string of the molecule is CCOC(=O)C1=C2CCCN2C(c2cnn(C)c2)=NC1c1ccc(F)cc1Cl. The first-order valence-corrected chi connectivity index (χ1v) is 9.57. The van der Waals surface area contributed by atoms with Crippen LogP contribution in [0.25, 0.3) is 0 Å². The molecular formula is C20H20ClFN4O2. The lowest BCUT2D eigenvalue weighted by Crippen LogP contribution is -2.35. The van der Waals surface area contributed by atoms with Gasteiger partial charge in [-0.1, -0.05) is 17.7 Å². The van der Waals surface area contributed by atoms with Crippen LogP contribution in [0.2, 0.25) is 5.02 Å². The number of aliphatic imine (C=N–C) groups is 1. The third-order valence-electron chi connectivity index (χ3n) is 4.93. The Bertz CT molecular complexity index is 998. The van der Waals surface area contributed by atoms with Crippen molar-refractivity contribution in [3.63, 3.8) is 0 Å². The number of fused-ring (bicyclic) bond motifs is 1. The Morgan fingerprint density at radius 3 is 2.93 bits per heavy atom. The Balaban J connectivity index is 1.90. The number of carbonyl (C=O) groups is 1. The third-order valence-corrected chi connectivity index (χ3v) is 5.26. The summed E-state index contributed by atoms with van der Waals surface area (Å²) in [5, 5.41) is 4.47. The number of carbonyl (C=O) groups excluding carboxylic acids is 1. The second-order valence-corrected chi connectivity index (χ2v) is 7.17. The quantitative estimate of drug-likeness (QED) is 0.733. The minimum absolute atomic E-state index is 0.230. The lowest BCUT2D eigenvalue weighted by molar-refractivity contribution is -0.139. The van der Waals surface area contributed by atoms with E-state index in [2.05, 4.69) is 10.00 Å². The normalized spacial score (nSPS) is 18.9. The molecule has 2 aromatic rings. The summed E-state index contributed by atoms with van der Waals surface area (Å²) in [5.41, 5.74) is 2.79. The van der Waals surface area contributed by atoms with Crippen molar-refractivity contribution in [2.24, 2.45) is 12.0 Å². The monoisotopic (exact) mass is 402 g/mol. The van der Waals surface area contributed by atoms with E-state index >= 15 is 0 Å². The average Bonchev–Trinajstić information content (AvgIpc) is 3.30. The maximum atomic E-state index is 13.6. The van der Waals surface area contributed by atoms with Crippen LogP contribution < -0.4 is 0 Å². The first-order chi connectivity index (χ1) is 13.5. The van der Waals surface area contributed by atoms with Crippen molar-refractivity contribution in [2.75, 3.05) is 13.2 Å². The highest BCUT2D eigenvalue weighted by molar-refractivity contribution is 6.31. The lowest BCUT2D eigenvalue weighted by atomic mass is 9.94. The average molecular weight is 403 g/mol. The zero-order valence-corrected chi connectivity index (χ0v) is 16.4. The van der Waals surface area contributed by atoms with Gasteiger partial charge in [0, 0.05) is 36.1 Å². The summed E-state index contributed by atoms with van der Waals surface area (Å²) in [4.78, 5) is 19.8. The molecule has 3 heterocycles. The molecule has 1 atom stereocenters. The van der Waals surface area contributed by atoms with Crippen LogP contribution in [0.3, 0.4) is 0 Å². The highest BCUT2D eigenvalue weighted by Gasteiger charge is 2.39. The van der Waals surface area contributed by atoms with E-state index in [0.717, 1.165) is 36.5 Å². The molecule has 1 fully saturated rings. The molecule has 1 unspecified atom stereocenters. The molecule has 6 nitrogen and oxygen atoms in total. The molecule has 1 aromatic carbocycles. The van der Waals surface area contributed by atoms with E-state index in [1.807, 2.05) is 13.2 Å². The Kier molecular flexibility index (Phi) is 4.93. The molecule has 0 radical (unpaired) electrons. The summed E-state index contributed by atoms with van der Waals surface area (Å²) in [7, 11) is 1.84. The molecule has 2 aliphatic heterocycles. The number of amidine groups is 1. The van der Waals surface area contributed by atoms with Crippen molar-refractivity contribution in [1.29, 1.82) is 0 Å². The number of ether oxygens (including phenoxy) is 1. The number of hydrogen-bond donors (Lipinski definition) is 0. The molecule has 0 bridgehead atoms. The van der Waals surface area contributed by atoms with Crippen molar-refractivity contribution < 1.29 is 13.9 Å². The largest absolute Gasteiger partial charge is 0.463 e. The molecule has 0 aliphatic carbocycles. The van der Waals surface area contributed by atoms with Gasteiger partial charge < -0.3 is 9.64 Å². The number of allylic oxidation sites excluding steroid dienone is 1. The molecule has 0 spiro atoms. The topological polar surface area (TPSA) is 59.7 Å². The Labute approximate surface area is 167 Å². The molecule has 1 saturated heterocycles. The van der Waals surface area contributed by atoms with E-state index in [0.29, 0.717) is 11.1 Å². The maximum Gasteiger partial charge on any atom is 0.338 e. The second kappa shape index (κ2) is 7.39. The molecule has 1 aromatic heterocycles. The van der Waals surface area contributed by atoms with Crippen molar-refractivity contribution in [2.45, 2.75) is 25.8 Å². The van der Waals surface area contributed by atoms with Gasteiger partial charge in [-0.3, -0.25) is 9.67 Å². The molecule has 146 valence electrons. The lowest BCUT2D eigenvalue weighted by Gasteiger charge is -2.32. The number of nitrogens with zero attached hydrogens (tertiary/aromatic N) is 4. The second-order valence-electron chi connectivity index (χ2n) is 6.76. The van der Waals surface area contributed by atoms with Crippen LogP contribution in [0.1, 0.15) is 36.9 Å². The summed E-state index contributed by atoms with van der Waals surface area (Å²) in [6.45, 7) is 2.79. The number of esters is 1. The Morgan fingerprint density at radius 1 is 1.43 bits per heavy atom. The van der Waals surface area contributed by atoms with Crippen molar-refractivity contribution in [3.05, 3.63) is 63.8 Å². The fourth-order valence-corrected chi connectivity index (χ4v) is 4.03. The van der Waals surface area contributed by atoms with E-state index in [1.54, 1.807) is 23.9 Å². The molecule has 0 N–H and O–H groups in total. The molecule has 8 heteroatoms. The van der Waals surface area contributed by atoms with Gasteiger partial charge in [0.25, 0.3) is 0 Å². The van der Waals surface area contributed by atoms with Crippen LogP contribution in [0, 0.1) is 5.82 Å². The molecular weight excluding hydrogens is 383 g/mol. The van der Waals surface area contributed by atoms with Gasteiger partial charge in [-0.2, -0.15) is 5.10 Å². The van der Waals surface area contributed by atoms with Crippen molar-refractivity contribution >= 4 is 23.4 Å². The smallest absolute Gasteiger partial charge is 0.338 e. The predicted molar refractivity (Wildman–Crippen MR) is 103 cm³/mol. The van der Waals surface area contributed by atoms with Crippen LogP contribution in [-0.2, 0) is 16.6 Å². The van der Waals surface area contributed by atoms with Gasteiger partial charge in [0.05, 0.1) is 23.9 Å².